The summed E-state index contributed by atoms with van der Waals surface area (Å²) in [5.74, 6) is 0.979. The molecule has 1 aromatic heterocycles. The van der Waals surface area contributed by atoms with Gasteiger partial charge in [-0.25, -0.2) is 0 Å². The van der Waals surface area contributed by atoms with E-state index in [0.717, 1.165) is 24.2 Å². The van der Waals surface area contributed by atoms with Gasteiger partial charge in [0.15, 0.2) is 5.69 Å². The summed E-state index contributed by atoms with van der Waals surface area (Å²) in [6.45, 7) is 2.11. The molecule has 0 bridgehead atoms. The number of anilines is 1. The Morgan fingerprint density at radius 3 is 2.90 bits per heavy atom. The normalized spacial score (nSPS) is 14.6. The first-order chi connectivity index (χ1) is 14.6. The fourth-order valence-corrected chi connectivity index (χ4v) is 3.94. The number of aromatic nitrogens is 3. The van der Waals surface area contributed by atoms with Crippen LogP contribution in [0.5, 0.6) is 11.6 Å². The van der Waals surface area contributed by atoms with Crippen LogP contribution in [0.1, 0.15) is 31.6 Å². The SMILES string of the molecule is CCCCSc1nnc2c(n1)O[C@@H](c1cc(O)ccc1[N+](=O)[O-])Nc1ccccc1-2. The number of phenols is 1. The molecule has 2 N–H and O–H groups in total. The van der Waals surface area contributed by atoms with Crippen molar-refractivity contribution in [1.29, 1.82) is 0 Å². The molecule has 2 heterocycles. The minimum absolute atomic E-state index is 0.102. The summed E-state index contributed by atoms with van der Waals surface area (Å²) in [7, 11) is 0. The summed E-state index contributed by atoms with van der Waals surface area (Å²) in [6, 6.07) is 11.2. The van der Waals surface area contributed by atoms with Crippen molar-refractivity contribution in [2.45, 2.75) is 31.1 Å². The number of ether oxygens (including phenoxy) is 1. The Kier molecular flexibility index (Phi) is 5.66. The molecule has 9 nitrogen and oxygen atoms in total. The van der Waals surface area contributed by atoms with Gasteiger partial charge in [-0.3, -0.25) is 10.1 Å². The van der Waals surface area contributed by atoms with E-state index in [-0.39, 0.29) is 22.9 Å². The number of nitro benzene ring substituents is 1. The van der Waals surface area contributed by atoms with E-state index in [4.69, 9.17) is 4.74 Å². The Hall–Kier alpha value is -3.40. The number of nitrogens with zero attached hydrogens (tertiary/aromatic N) is 4. The van der Waals surface area contributed by atoms with E-state index >= 15 is 0 Å². The molecule has 0 saturated heterocycles. The number of unbranched alkanes of at least 4 members (excludes halogenated alkanes) is 1. The largest absolute Gasteiger partial charge is 0.508 e. The second-order valence-electron chi connectivity index (χ2n) is 6.64. The third kappa shape index (κ3) is 3.99. The van der Waals surface area contributed by atoms with Gasteiger partial charge in [-0.05, 0) is 24.6 Å². The van der Waals surface area contributed by atoms with E-state index < -0.39 is 11.2 Å². The van der Waals surface area contributed by atoms with Crippen molar-refractivity contribution in [3.05, 3.63) is 58.1 Å². The van der Waals surface area contributed by atoms with E-state index in [1.165, 1.54) is 30.0 Å². The fourth-order valence-electron chi connectivity index (χ4n) is 3.08. The predicted molar refractivity (Wildman–Crippen MR) is 113 cm³/mol. The molecule has 1 atom stereocenters. The van der Waals surface area contributed by atoms with E-state index in [1.54, 1.807) is 0 Å². The Morgan fingerprint density at radius 1 is 1.27 bits per heavy atom. The summed E-state index contributed by atoms with van der Waals surface area (Å²) in [6.07, 6.45) is 1.13. The van der Waals surface area contributed by atoms with Gasteiger partial charge in [-0.2, -0.15) is 4.98 Å². The van der Waals surface area contributed by atoms with Crippen molar-refractivity contribution in [1.82, 2.24) is 15.2 Å². The maximum absolute atomic E-state index is 11.6. The standard InChI is InChI=1S/C20H19N5O4S/c1-2-3-10-30-20-22-19-17(23-24-20)13-6-4-5-7-15(13)21-18(29-19)14-11-12(26)8-9-16(14)25(27)28/h4-9,11,18,21,26H,2-3,10H2,1H3/t18-/m0/s1. The lowest BCUT2D eigenvalue weighted by molar-refractivity contribution is -0.386. The fraction of sp³-hybridized carbons (Fsp3) is 0.250. The molecule has 1 aliphatic heterocycles. The summed E-state index contributed by atoms with van der Waals surface area (Å²) in [5.41, 5.74) is 1.85. The van der Waals surface area contributed by atoms with Gasteiger partial charge in [0.2, 0.25) is 17.3 Å². The molecule has 0 unspecified atom stereocenters. The Balaban J connectivity index is 1.80. The first-order valence-corrected chi connectivity index (χ1v) is 10.4. The predicted octanol–water partition coefficient (Wildman–Crippen LogP) is 4.55. The van der Waals surface area contributed by atoms with E-state index in [2.05, 4.69) is 27.4 Å². The van der Waals surface area contributed by atoms with Gasteiger partial charge in [0, 0.05) is 23.1 Å². The highest BCUT2D eigenvalue weighted by molar-refractivity contribution is 7.99. The van der Waals surface area contributed by atoms with Gasteiger partial charge < -0.3 is 15.2 Å². The van der Waals surface area contributed by atoms with Gasteiger partial charge in [-0.15, -0.1) is 10.2 Å². The Morgan fingerprint density at radius 2 is 2.10 bits per heavy atom. The van der Waals surface area contributed by atoms with Crippen LogP contribution in [0.25, 0.3) is 11.3 Å². The van der Waals surface area contributed by atoms with Crippen LogP contribution in [0.15, 0.2) is 47.6 Å². The number of phenolic OH excluding ortho intramolecular Hbond substituents is 1. The molecule has 0 radical (unpaired) electrons. The van der Waals surface area contributed by atoms with Crippen LogP contribution < -0.4 is 10.1 Å². The van der Waals surface area contributed by atoms with Crippen molar-refractivity contribution in [3.63, 3.8) is 0 Å². The van der Waals surface area contributed by atoms with Gasteiger partial charge >= 0.3 is 0 Å². The summed E-state index contributed by atoms with van der Waals surface area (Å²) >= 11 is 1.48. The average molecular weight is 425 g/mol. The maximum atomic E-state index is 11.6. The molecule has 2 aromatic carbocycles. The van der Waals surface area contributed by atoms with Crippen LogP contribution in [0.3, 0.4) is 0 Å². The van der Waals surface area contributed by atoms with Crippen molar-refractivity contribution in [3.8, 4) is 22.9 Å². The number of thioether (sulfide) groups is 1. The molecule has 0 spiro atoms. The number of fused-ring (bicyclic) bond motifs is 3. The summed E-state index contributed by atoms with van der Waals surface area (Å²) in [4.78, 5) is 15.6. The first kappa shape index (κ1) is 19.9. The van der Waals surface area contributed by atoms with Crippen LogP contribution >= 0.6 is 11.8 Å². The highest BCUT2D eigenvalue weighted by Gasteiger charge is 2.30. The van der Waals surface area contributed by atoms with Crippen LogP contribution in [-0.4, -0.2) is 31.0 Å². The van der Waals surface area contributed by atoms with Gasteiger partial charge in [-0.1, -0.05) is 43.3 Å². The lowest BCUT2D eigenvalue weighted by Gasteiger charge is -2.19. The molecule has 0 fully saturated rings. The molecule has 30 heavy (non-hydrogen) atoms. The zero-order valence-corrected chi connectivity index (χ0v) is 16.9. The highest BCUT2D eigenvalue weighted by atomic mass is 32.2. The number of hydrogen-bond acceptors (Lipinski definition) is 9. The number of nitrogens with one attached hydrogen (secondary N) is 1. The topological polar surface area (TPSA) is 123 Å². The molecule has 0 aliphatic carbocycles. The molecule has 3 aromatic rings. The summed E-state index contributed by atoms with van der Waals surface area (Å²) in [5, 5.41) is 33.7. The molecule has 4 rings (SSSR count). The minimum atomic E-state index is -0.954. The maximum Gasteiger partial charge on any atom is 0.278 e. The number of nitro groups is 1. The first-order valence-electron chi connectivity index (χ1n) is 9.44. The summed E-state index contributed by atoms with van der Waals surface area (Å²) < 4.78 is 6.06. The number of hydrogen-bond donors (Lipinski definition) is 2. The van der Waals surface area contributed by atoms with Crippen LogP contribution in [0.4, 0.5) is 11.4 Å². The van der Waals surface area contributed by atoms with Crippen molar-refractivity contribution < 1.29 is 14.8 Å². The lowest BCUT2D eigenvalue weighted by Crippen LogP contribution is -2.18. The zero-order valence-electron chi connectivity index (χ0n) is 16.1. The van der Waals surface area contributed by atoms with Crippen molar-refractivity contribution >= 4 is 23.1 Å². The minimum Gasteiger partial charge on any atom is -0.508 e. The van der Waals surface area contributed by atoms with Crippen molar-refractivity contribution in [2.75, 3.05) is 11.1 Å². The van der Waals surface area contributed by atoms with E-state index in [1.807, 2.05) is 24.3 Å². The average Bonchev–Trinajstić information content (AvgIpc) is 2.90. The Labute approximate surface area is 176 Å². The number of para-hydroxylation sites is 1. The third-order valence-electron chi connectivity index (χ3n) is 4.55. The molecule has 154 valence electrons. The van der Waals surface area contributed by atoms with Crippen LogP contribution in [0, 0.1) is 10.1 Å². The van der Waals surface area contributed by atoms with Crippen LogP contribution in [-0.2, 0) is 0 Å². The van der Waals surface area contributed by atoms with E-state index in [9.17, 15) is 15.2 Å². The molecule has 0 saturated carbocycles. The zero-order chi connectivity index (χ0) is 21.1. The highest BCUT2D eigenvalue weighted by Crippen LogP contribution is 2.41. The lowest BCUT2D eigenvalue weighted by atomic mass is 10.1. The second kappa shape index (κ2) is 8.54. The number of rotatable bonds is 6. The van der Waals surface area contributed by atoms with Crippen LogP contribution in [0.2, 0.25) is 0 Å². The number of aromatic hydroxyl groups is 1. The molecule has 1 aliphatic rings. The molecular weight excluding hydrogens is 406 g/mol. The quantitative estimate of drug-likeness (QED) is 0.253. The molecular formula is C20H19N5O4S. The molecule has 0 amide bonds. The van der Waals surface area contributed by atoms with Gasteiger partial charge in [0.25, 0.3) is 5.69 Å². The second-order valence-corrected chi connectivity index (χ2v) is 7.70. The Bertz CT molecular complexity index is 1090. The number of benzene rings is 2. The van der Waals surface area contributed by atoms with Gasteiger partial charge in [0.1, 0.15) is 5.75 Å². The molecule has 10 heteroatoms. The third-order valence-corrected chi connectivity index (χ3v) is 5.48. The monoisotopic (exact) mass is 425 g/mol. The van der Waals surface area contributed by atoms with Crippen molar-refractivity contribution in [2.24, 2.45) is 0 Å². The smallest absolute Gasteiger partial charge is 0.278 e. The van der Waals surface area contributed by atoms with E-state index in [0.29, 0.717) is 16.5 Å². The van der Waals surface area contributed by atoms with Gasteiger partial charge in [0.05, 0.1) is 10.5 Å².